The van der Waals surface area contributed by atoms with Crippen molar-refractivity contribution < 1.29 is 5.11 Å². The van der Waals surface area contributed by atoms with E-state index in [1.165, 1.54) is 12.8 Å². The Morgan fingerprint density at radius 2 is 2.13 bits per heavy atom. The lowest BCUT2D eigenvalue weighted by molar-refractivity contribution is 0.0356. The van der Waals surface area contributed by atoms with Crippen molar-refractivity contribution in [2.75, 3.05) is 19.6 Å². The fourth-order valence-corrected chi connectivity index (χ4v) is 2.41. The molecule has 0 spiro atoms. The van der Waals surface area contributed by atoms with E-state index in [9.17, 15) is 5.11 Å². The van der Waals surface area contributed by atoms with Crippen LogP contribution in [-0.2, 0) is 0 Å². The van der Waals surface area contributed by atoms with Crippen molar-refractivity contribution >= 4 is 0 Å². The minimum absolute atomic E-state index is 0.515. The topological polar surface area (TPSA) is 49.5 Å². The largest absolute Gasteiger partial charge is 0.390 e. The maximum absolute atomic E-state index is 9.72. The molecule has 0 aromatic rings. The SMILES string of the molecule is CC1CCCN(CCC(C)(C)O)C1CN. The predicted octanol–water partition coefficient (Wildman–Crippen LogP) is 1.21. The fourth-order valence-electron chi connectivity index (χ4n) is 2.41. The Morgan fingerprint density at radius 3 is 2.67 bits per heavy atom. The van der Waals surface area contributed by atoms with Gasteiger partial charge in [0.25, 0.3) is 0 Å². The van der Waals surface area contributed by atoms with Crippen LogP contribution < -0.4 is 5.73 Å². The molecule has 0 aromatic carbocycles. The molecule has 3 nitrogen and oxygen atoms in total. The molecule has 3 heteroatoms. The summed E-state index contributed by atoms with van der Waals surface area (Å²) < 4.78 is 0. The third-order valence-corrected chi connectivity index (χ3v) is 3.48. The second-order valence-electron chi connectivity index (χ2n) is 5.52. The molecule has 1 rings (SSSR count). The van der Waals surface area contributed by atoms with Crippen LogP contribution in [0.5, 0.6) is 0 Å². The van der Waals surface area contributed by atoms with Crippen molar-refractivity contribution in [1.29, 1.82) is 0 Å². The summed E-state index contributed by atoms with van der Waals surface area (Å²) in [4.78, 5) is 2.45. The highest BCUT2D eigenvalue weighted by Crippen LogP contribution is 2.23. The Hall–Kier alpha value is -0.120. The minimum atomic E-state index is -0.556. The molecule has 0 saturated carbocycles. The van der Waals surface area contributed by atoms with Crippen molar-refractivity contribution in [3.8, 4) is 0 Å². The van der Waals surface area contributed by atoms with Gasteiger partial charge in [0.05, 0.1) is 5.60 Å². The summed E-state index contributed by atoms with van der Waals surface area (Å²) >= 11 is 0. The number of rotatable bonds is 4. The second-order valence-corrected chi connectivity index (χ2v) is 5.52. The summed E-state index contributed by atoms with van der Waals surface area (Å²) in [5.41, 5.74) is 5.26. The Labute approximate surface area is 93.6 Å². The first kappa shape index (κ1) is 12.9. The molecule has 90 valence electrons. The Kier molecular flexibility index (Phi) is 4.56. The van der Waals surface area contributed by atoms with Gasteiger partial charge in [-0.3, -0.25) is 4.90 Å². The monoisotopic (exact) mass is 214 g/mol. The van der Waals surface area contributed by atoms with Crippen LogP contribution in [0.15, 0.2) is 0 Å². The van der Waals surface area contributed by atoms with E-state index in [-0.39, 0.29) is 0 Å². The number of nitrogens with zero attached hydrogens (tertiary/aromatic N) is 1. The van der Waals surface area contributed by atoms with E-state index < -0.39 is 5.60 Å². The lowest BCUT2D eigenvalue weighted by Crippen LogP contribution is -2.49. The first-order valence-corrected chi connectivity index (χ1v) is 6.10. The summed E-state index contributed by atoms with van der Waals surface area (Å²) in [6.07, 6.45) is 3.39. The number of likely N-dealkylation sites (tertiary alicyclic amines) is 1. The van der Waals surface area contributed by atoms with Gasteiger partial charge >= 0.3 is 0 Å². The highest BCUT2D eigenvalue weighted by molar-refractivity contribution is 4.83. The molecule has 3 N–H and O–H groups in total. The predicted molar refractivity (Wildman–Crippen MR) is 63.7 cm³/mol. The van der Waals surface area contributed by atoms with Crippen LogP contribution in [0.25, 0.3) is 0 Å². The van der Waals surface area contributed by atoms with Crippen molar-refractivity contribution in [2.45, 2.75) is 51.7 Å². The third-order valence-electron chi connectivity index (χ3n) is 3.48. The van der Waals surface area contributed by atoms with E-state index in [4.69, 9.17) is 5.73 Å². The molecule has 1 heterocycles. The molecule has 1 aliphatic rings. The summed E-state index contributed by atoms with van der Waals surface area (Å²) in [6, 6.07) is 0.515. The average molecular weight is 214 g/mol. The maximum Gasteiger partial charge on any atom is 0.0603 e. The van der Waals surface area contributed by atoms with Gasteiger partial charge in [-0.2, -0.15) is 0 Å². The van der Waals surface area contributed by atoms with Crippen LogP contribution in [0.1, 0.15) is 40.0 Å². The van der Waals surface area contributed by atoms with Gasteiger partial charge in [-0.1, -0.05) is 6.92 Å². The number of piperidine rings is 1. The molecule has 0 aromatic heterocycles. The van der Waals surface area contributed by atoms with Crippen LogP contribution in [-0.4, -0.2) is 41.3 Å². The molecular formula is C12H26N2O. The maximum atomic E-state index is 9.72. The lowest BCUT2D eigenvalue weighted by atomic mass is 9.90. The fraction of sp³-hybridized carbons (Fsp3) is 1.00. The van der Waals surface area contributed by atoms with Crippen molar-refractivity contribution in [2.24, 2.45) is 11.7 Å². The molecule has 1 aliphatic heterocycles. The third kappa shape index (κ3) is 4.09. The lowest BCUT2D eigenvalue weighted by Gasteiger charge is -2.40. The zero-order valence-electron chi connectivity index (χ0n) is 10.4. The van der Waals surface area contributed by atoms with E-state index >= 15 is 0 Å². The summed E-state index contributed by atoms with van der Waals surface area (Å²) in [6.45, 7) is 8.88. The van der Waals surface area contributed by atoms with E-state index in [1.54, 1.807) is 0 Å². The van der Waals surface area contributed by atoms with Gasteiger partial charge in [0.15, 0.2) is 0 Å². The smallest absolute Gasteiger partial charge is 0.0603 e. The summed E-state index contributed by atoms with van der Waals surface area (Å²) in [5, 5.41) is 9.72. The number of hydrogen-bond donors (Lipinski definition) is 2. The number of aliphatic hydroxyl groups is 1. The van der Waals surface area contributed by atoms with Crippen LogP contribution in [0.3, 0.4) is 0 Å². The van der Waals surface area contributed by atoms with E-state index in [1.807, 2.05) is 13.8 Å². The van der Waals surface area contributed by atoms with E-state index in [2.05, 4.69) is 11.8 Å². The highest BCUT2D eigenvalue weighted by Gasteiger charge is 2.28. The zero-order chi connectivity index (χ0) is 11.5. The van der Waals surface area contributed by atoms with Crippen LogP contribution in [0.2, 0.25) is 0 Å². The standard InChI is InChI=1S/C12H26N2O/c1-10-5-4-7-14(11(10)9-13)8-6-12(2,3)15/h10-11,15H,4-9,13H2,1-3H3. The Morgan fingerprint density at radius 1 is 1.47 bits per heavy atom. The van der Waals surface area contributed by atoms with Gasteiger partial charge in [-0.05, 0) is 45.6 Å². The molecule has 0 bridgehead atoms. The van der Waals surface area contributed by atoms with Gasteiger partial charge < -0.3 is 10.8 Å². The second kappa shape index (κ2) is 5.28. The van der Waals surface area contributed by atoms with Gasteiger partial charge in [-0.25, -0.2) is 0 Å². The van der Waals surface area contributed by atoms with Crippen molar-refractivity contribution in [1.82, 2.24) is 4.90 Å². The Bertz CT molecular complexity index is 189. The van der Waals surface area contributed by atoms with Crippen LogP contribution in [0, 0.1) is 5.92 Å². The quantitative estimate of drug-likeness (QED) is 0.739. The minimum Gasteiger partial charge on any atom is -0.390 e. The van der Waals surface area contributed by atoms with Gasteiger partial charge in [0.1, 0.15) is 0 Å². The van der Waals surface area contributed by atoms with Crippen molar-refractivity contribution in [3.63, 3.8) is 0 Å². The van der Waals surface area contributed by atoms with Crippen LogP contribution in [0.4, 0.5) is 0 Å². The molecule has 1 saturated heterocycles. The van der Waals surface area contributed by atoms with E-state index in [0.717, 1.165) is 26.1 Å². The first-order valence-electron chi connectivity index (χ1n) is 6.10. The molecule has 0 amide bonds. The number of nitrogens with two attached hydrogens (primary N) is 1. The molecular weight excluding hydrogens is 188 g/mol. The molecule has 2 atom stereocenters. The summed E-state index contributed by atoms with van der Waals surface area (Å²) in [7, 11) is 0. The highest BCUT2D eigenvalue weighted by atomic mass is 16.3. The Balaban J connectivity index is 2.44. The molecule has 2 unspecified atom stereocenters. The number of hydrogen-bond acceptors (Lipinski definition) is 3. The molecule has 0 radical (unpaired) electrons. The molecule has 1 fully saturated rings. The molecule has 15 heavy (non-hydrogen) atoms. The zero-order valence-corrected chi connectivity index (χ0v) is 10.4. The normalized spacial score (nSPS) is 29.4. The average Bonchev–Trinajstić information content (AvgIpc) is 2.13. The van der Waals surface area contributed by atoms with E-state index in [0.29, 0.717) is 12.0 Å². The van der Waals surface area contributed by atoms with Gasteiger partial charge in [-0.15, -0.1) is 0 Å². The van der Waals surface area contributed by atoms with Crippen LogP contribution >= 0.6 is 0 Å². The van der Waals surface area contributed by atoms with Crippen molar-refractivity contribution in [3.05, 3.63) is 0 Å². The summed E-state index contributed by atoms with van der Waals surface area (Å²) in [5.74, 6) is 0.700. The van der Waals surface area contributed by atoms with Gasteiger partial charge in [0.2, 0.25) is 0 Å². The molecule has 0 aliphatic carbocycles. The van der Waals surface area contributed by atoms with Gasteiger partial charge in [0, 0.05) is 19.1 Å². The first-order chi connectivity index (χ1) is 6.94.